The summed E-state index contributed by atoms with van der Waals surface area (Å²) in [5.74, 6) is -1.06. The average Bonchev–Trinajstić information content (AvgIpc) is 2.15. The fourth-order valence-electron chi connectivity index (χ4n) is 1.03. The Labute approximate surface area is 77.4 Å². The van der Waals surface area contributed by atoms with E-state index in [0.29, 0.717) is 6.07 Å². The van der Waals surface area contributed by atoms with Gasteiger partial charge < -0.3 is 5.11 Å². The normalized spacial score (nSPS) is 10.3. The van der Waals surface area contributed by atoms with Crippen LogP contribution >= 0.6 is 0 Å². The third kappa shape index (κ3) is 1.83. The monoisotopic (exact) mass is 202 g/mol. The van der Waals surface area contributed by atoms with Crippen molar-refractivity contribution in [2.75, 3.05) is 0 Å². The molecule has 74 valence electrons. The van der Waals surface area contributed by atoms with E-state index in [1.807, 2.05) is 0 Å². The van der Waals surface area contributed by atoms with E-state index in [-0.39, 0.29) is 0 Å². The maximum atomic E-state index is 12.6. The molecule has 0 saturated heterocycles. The zero-order valence-electron chi connectivity index (χ0n) is 6.84. The Kier molecular flexibility index (Phi) is 3.04. The summed E-state index contributed by atoms with van der Waals surface area (Å²) >= 11 is 0. The minimum atomic E-state index is -2.96. The topological polar surface area (TPSA) is 56.9 Å². The van der Waals surface area contributed by atoms with Gasteiger partial charge in [-0.05, 0) is 0 Å². The molecular formula is C8H5F3N2O. The number of nitrogens with zero attached hydrogens (tertiary/aromatic N) is 2. The fourth-order valence-corrected chi connectivity index (χ4v) is 1.03. The van der Waals surface area contributed by atoms with Gasteiger partial charge in [0.05, 0.1) is 29.5 Å². The van der Waals surface area contributed by atoms with Crippen LogP contribution in [0.3, 0.4) is 0 Å². The van der Waals surface area contributed by atoms with E-state index in [4.69, 9.17) is 10.4 Å². The highest BCUT2D eigenvalue weighted by molar-refractivity contribution is 5.40. The molecule has 0 unspecified atom stereocenters. The largest absolute Gasteiger partial charge is 0.390 e. The number of hydrogen-bond acceptors (Lipinski definition) is 3. The Balaban J connectivity index is 3.42. The van der Waals surface area contributed by atoms with Gasteiger partial charge in [0.25, 0.3) is 6.43 Å². The molecule has 0 aliphatic carbocycles. The van der Waals surface area contributed by atoms with Crippen LogP contribution in [0, 0.1) is 17.3 Å². The number of pyridine rings is 1. The Morgan fingerprint density at radius 2 is 2.21 bits per heavy atom. The van der Waals surface area contributed by atoms with Gasteiger partial charge in [-0.3, -0.25) is 0 Å². The average molecular weight is 202 g/mol. The van der Waals surface area contributed by atoms with E-state index in [2.05, 4.69) is 4.98 Å². The smallest absolute Gasteiger partial charge is 0.266 e. The van der Waals surface area contributed by atoms with E-state index in [0.717, 1.165) is 0 Å². The summed E-state index contributed by atoms with van der Waals surface area (Å²) in [6.45, 7) is -0.827. The maximum Gasteiger partial charge on any atom is 0.266 e. The Morgan fingerprint density at radius 1 is 1.57 bits per heavy atom. The minimum Gasteiger partial charge on any atom is -0.390 e. The van der Waals surface area contributed by atoms with Crippen LogP contribution < -0.4 is 0 Å². The number of nitriles is 1. The van der Waals surface area contributed by atoms with Gasteiger partial charge in [-0.2, -0.15) is 9.65 Å². The van der Waals surface area contributed by atoms with Crippen molar-refractivity contribution in [3.05, 3.63) is 28.8 Å². The molecule has 0 spiro atoms. The van der Waals surface area contributed by atoms with Gasteiger partial charge >= 0.3 is 0 Å². The van der Waals surface area contributed by atoms with Crippen molar-refractivity contribution >= 4 is 0 Å². The Morgan fingerprint density at radius 3 is 2.64 bits per heavy atom. The lowest BCUT2D eigenvalue weighted by Crippen LogP contribution is -2.04. The molecule has 1 heterocycles. The van der Waals surface area contributed by atoms with Crippen LogP contribution in [0.15, 0.2) is 6.07 Å². The van der Waals surface area contributed by atoms with Crippen LogP contribution in [0.2, 0.25) is 0 Å². The van der Waals surface area contributed by atoms with Gasteiger partial charge in [-0.15, -0.1) is 0 Å². The molecule has 1 aromatic heterocycles. The summed E-state index contributed by atoms with van der Waals surface area (Å²) in [5.41, 5.74) is -1.72. The van der Waals surface area contributed by atoms with E-state index in [9.17, 15) is 13.2 Å². The summed E-state index contributed by atoms with van der Waals surface area (Å²) in [6, 6.07) is 2.03. The van der Waals surface area contributed by atoms with Crippen molar-refractivity contribution in [1.82, 2.24) is 4.98 Å². The van der Waals surface area contributed by atoms with E-state index < -0.39 is 35.8 Å². The van der Waals surface area contributed by atoms with Gasteiger partial charge in [-0.25, -0.2) is 13.8 Å². The molecule has 0 fully saturated rings. The SMILES string of the molecule is N#Cc1cc(F)nc(CO)c1C(F)F. The van der Waals surface area contributed by atoms with Crippen LogP contribution in [-0.2, 0) is 6.61 Å². The molecular weight excluding hydrogens is 197 g/mol. The predicted octanol–water partition coefficient (Wildman–Crippen LogP) is 1.52. The molecule has 6 heteroatoms. The minimum absolute atomic E-state index is 0.503. The highest BCUT2D eigenvalue weighted by Gasteiger charge is 2.20. The first kappa shape index (κ1) is 10.5. The van der Waals surface area contributed by atoms with E-state index in [1.165, 1.54) is 6.07 Å². The van der Waals surface area contributed by atoms with Gasteiger partial charge in [0, 0.05) is 6.07 Å². The first-order valence-corrected chi connectivity index (χ1v) is 3.58. The molecule has 1 aromatic rings. The van der Waals surface area contributed by atoms with Gasteiger partial charge in [-0.1, -0.05) is 0 Å². The number of aliphatic hydroxyl groups excluding tert-OH is 1. The number of halogens is 3. The van der Waals surface area contributed by atoms with Crippen LogP contribution in [0.4, 0.5) is 13.2 Å². The lowest BCUT2D eigenvalue weighted by atomic mass is 10.1. The summed E-state index contributed by atoms with van der Waals surface area (Å²) < 4.78 is 37.4. The lowest BCUT2D eigenvalue weighted by molar-refractivity contribution is 0.145. The van der Waals surface area contributed by atoms with Crippen LogP contribution in [0.1, 0.15) is 23.2 Å². The number of aliphatic hydroxyl groups is 1. The van der Waals surface area contributed by atoms with Crippen LogP contribution in [-0.4, -0.2) is 10.1 Å². The number of hydrogen-bond donors (Lipinski definition) is 1. The van der Waals surface area contributed by atoms with Crippen LogP contribution in [0.25, 0.3) is 0 Å². The second-order valence-electron chi connectivity index (χ2n) is 2.42. The van der Waals surface area contributed by atoms with Crippen molar-refractivity contribution < 1.29 is 18.3 Å². The molecule has 0 aliphatic rings. The first-order valence-electron chi connectivity index (χ1n) is 3.58. The number of alkyl halides is 2. The highest BCUT2D eigenvalue weighted by Crippen LogP contribution is 2.25. The number of aromatic nitrogens is 1. The maximum absolute atomic E-state index is 12.6. The van der Waals surface area contributed by atoms with Crippen LogP contribution in [0.5, 0.6) is 0 Å². The molecule has 0 saturated carbocycles. The fraction of sp³-hybridized carbons (Fsp3) is 0.250. The van der Waals surface area contributed by atoms with Gasteiger partial charge in [0.15, 0.2) is 0 Å². The molecule has 14 heavy (non-hydrogen) atoms. The Bertz CT molecular complexity index is 387. The molecule has 1 N–H and O–H groups in total. The first-order chi connectivity index (χ1) is 6.60. The zero-order valence-corrected chi connectivity index (χ0v) is 6.84. The second-order valence-corrected chi connectivity index (χ2v) is 2.42. The third-order valence-corrected chi connectivity index (χ3v) is 1.59. The molecule has 3 nitrogen and oxygen atoms in total. The van der Waals surface area contributed by atoms with Crippen molar-refractivity contribution in [3.8, 4) is 6.07 Å². The molecule has 0 amide bonds. The summed E-state index contributed by atoms with van der Waals surface area (Å²) in [6.07, 6.45) is -2.96. The summed E-state index contributed by atoms with van der Waals surface area (Å²) in [5, 5.41) is 17.1. The summed E-state index contributed by atoms with van der Waals surface area (Å²) in [4.78, 5) is 3.07. The van der Waals surface area contributed by atoms with E-state index in [1.54, 1.807) is 0 Å². The standard InChI is InChI=1S/C8H5F3N2O/c9-6-1-4(2-12)7(8(10)11)5(3-14)13-6/h1,8,14H,3H2. The third-order valence-electron chi connectivity index (χ3n) is 1.59. The van der Waals surface area contributed by atoms with Gasteiger partial charge in [0.2, 0.25) is 5.95 Å². The quantitative estimate of drug-likeness (QED) is 0.739. The van der Waals surface area contributed by atoms with Crippen molar-refractivity contribution in [2.45, 2.75) is 13.0 Å². The molecule has 0 radical (unpaired) electrons. The number of rotatable bonds is 2. The molecule has 0 aromatic carbocycles. The lowest BCUT2D eigenvalue weighted by Gasteiger charge is -2.07. The summed E-state index contributed by atoms with van der Waals surface area (Å²) in [7, 11) is 0. The molecule has 0 aliphatic heterocycles. The zero-order chi connectivity index (χ0) is 10.7. The van der Waals surface area contributed by atoms with Crippen molar-refractivity contribution in [3.63, 3.8) is 0 Å². The van der Waals surface area contributed by atoms with Crippen molar-refractivity contribution in [2.24, 2.45) is 0 Å². The molecule has 0 atom stereocenters. The van der Waals surface area contributed by atoms with Crippen molar-refractivity contribution in [1.29, 1.82) is 5.26 Å². The predicted molar refractivity (Wildman–Crippen MR) is 39.8 cm³/mol. The van der Waals surface area contributed by atoms with E-state index >= 15 is 0 Å². The molecule has 0 bridgehead atoms. The Hall–Kier alpha value is -1.61. The molecule has 1 rings (SSSR count). The highest BCUT2D eigenvalue weighted by atomic mass is 19.3. The van der Waals surface area contributed by atoms with Gasteiger partial charge in [0.1, 0.15) is 0 Å². The second kappa shape index (κ2) is 4.07.